The highest BCUT2D eigenvalue weighted by molar-refractivity contribution is 5.83. The molecule has 0 aliphatic carbocycles. The summed E-state index contributed by atoms with van der Waals surface area (Å²) in [5, 5.41) is 8.79. The molecule has 0 bridgehead atoms. The zero-order valence-corrected chi connectivity index (χ0v) is 8.98. The first-order valence-corrected chi connectivity index (χ1v) is 5.33. The Hall–Kier alpha value is -1.10. The Kier molecular flexibility index (Phi) is 4.08. The summed E-state index contributed by atoms with van der Waals surface area (Å²) in [6, 6.07) is -0.470. The van der Waals surface area contributed by atoms with Gasteiger partial charge in [-0.2, -0.15) is 0 Å². The number of rotatable bonds is 4. The summed E-state index contributed by atoms with van der Waals surface area (Å²) >= 11 is 0. The Bertz CT molecular complexity index is 255. The molecule has 0 aromatic carbocycles. The number of amides is 1. The van der Waals surface area contributed by atoms with Crippen LogP contribution in [0.1, 0.15) is 26.2 Å². The fraction of sp³-hybridized carbons (Fsp3) is 0.800. The van der Waals surface area contributed by atoms with Crippen LogP contribution in [0.25, 0.3) is 0 Å². The van der Waals surface area contributed by atoms with Gasteiger partial charge in [0.15, 0.2) is 0 Å². The van der Waals surface area contributed by atoms with E-state index in [1.54, 1.807) is 4.90 Å². The van der Waals surface area contributed by atoms with Crippen molar-refractivity contribution in [3.63, 3.8) is 0 Å². The normalized spacial score (nSPS) is 22.8. The van der Waals surface area contributed by atoms with Crippen molar-refractivity contribution >= 4 is 11.9 Å². The lowest BCUT2D eigenvalue weighted by molar-refractivity contribution is -0.141. The van der Waals surface area contributed by atoms with Crippen molar-refractivity contribution in [3.8, 4) is 0 Å². The van der Waals surface area contributed by atoms with Crippen LogP contribution in [-0.2, 0) is 9.59 Å². The number of likely N-dealkylation sites (tertiary alicyclic amines) is 1. The standard InChI is InChI=1S/C10H18N2O3/c1-2-3-8(11)9(13)12-5-4-7(6-12)10(14)15/h7-8H,2-6,11H2,1H3,(H,14,15)/t7?,8-/m1/s1. The van der Waals surface area contributed by atoms with Crippen LogP contribution in [0.5, 0.6) is 0 Å². The van der Waals surface area contributed by atoms with E-state index in [1.807, 2.05) is 6.92 Å². The lowest BCUT2D eigenvalue weighted by atomic mass is 10.1. The van der Waals surface area contributed by atoms with E-state index in [-0.39, 0.29) is 5.91 Å². The number of hydrogen-bond acceptors (Lipinski definition) is 3. The molecule has 1 heterocycles. The molecule has 1 rings (SSSR count). The number of carboxylic acids is 1. The Morgan fingerprint density at radius 2 is 2.27 bits per heavy atom. The van der Waals surface area contributed by atoms with Crippen LogP contribution in [0.2, 0.25) is 0 Å². The minimum absolute atomic E-state index is 0.111. The molecule has 15 heavy (non-hydrogen) atoms. The first-order valence-electron chi connectivity index (χ1n) is 5.33. The molecule has 3 N–H and O–H groups in total. The van der Waals surface area contributed by atoms with Crippen molar-refractivity contribution in [2.24, 2.45) is 11.7 Å². The lowest BCUT2D eigenvalue weighted by Gasteiger charge is -2.20. The van der Waals surface area contributed by atoms with Crippen LogP contribution >= 0.6 is 0 Å². The van der Waals surface area contributed by atoms with Crippen molar-refractivity contribution in [2.45, 2.75) is 32.2 Å². The Balaban J connectivity index is 2.46. The third-order valence-electron chi connectivity index (χ3n) is 2.77. The van der Waals surface area contributed by atoms with Gasteiger partial charge in [-0.15, -0.1) is 0 Å². The zero-order chi connectivity index (χ0) is 11.4. The summed E-state index contributed by atoms with van der Waals surface area (Å²) in [5.74, 6) is -1.35. The van der Waals surface area contributed by atoms with Gasteiger partial charge in [-0.05, 0) is 12.8 Å². The van der Waals surface area contributed by atoms with Crippen LogP contribution in [0.3, 0.4) is 0 Å². The van der Waals surface area contributed by atoms with Gasteiger partial charge in [-0.25, -0.2) is 0 Å². The van der Waals surface area contributed by atoms with Gasteiger partial charge in [-0.1, -0.05) is 13.3 Å². The number of hydrogen-bond donors (Lipinski definition) is 2. The fourth-order valence-electron chi connectivity index (χ4n) is 1.83. The summed E-state index contributed by atoms with van der Waals surface area (Å²) in [5.41, 5.74) is 5.69. The molecule has 1 aliphatic heterocycles. The van der Waals surface area contributed by atoms with Gasteiger partial charge < -0.3 is 15.7 Å². The summed E-state index contributed by atoms with van der Waals surface area (Å²) in [6.07, 6.45) is 2.07. The number of carboxylic acid groups (broad SMARTS) is 1. The summed E-state index contributed by atoms with van der Waals surface area (Å²) in [6.45, 7) is 2.80. The Morgan fingerprint density at radius 3 is 2.73 bits per heavy atom. The SMILES string of the molecule is CCC[C@@H](N)C(=O)N1CCC(C(=O)O)C1. The molecule has 0 saturated carbocycles. The number of carbonyl (C=O) groups excluding carboxylic acids is 1. The average molecular weight is 214 g/mol. The third kappa shape index (κ3) is 2.92. The molecule has 86 valence electrons. The quantitative estimate of drug-likeness (QED) is 0.692. The lowest BCUT2D eigenvalue weighted by Crippen LogP contribution is -2.42. The van der Waals surface area contributed by atoms with Crippen molar-refractivity contribution in [2.75, 3.05) is 13.1 Å². The van der Waals surface area contributed by atoms with E-state index in [2.05, 4.69) is 0 Å². The van der Waals surface area contributed by atoms with E-state index >= 15 is 0 Å². The summed E-state index contributed by atoms with van der Waals surface area (Å²) in [4.78, 5) is 24.0. The third-order valence-corrected chi connectivity index (χ3v) is 2.77. The van der Waals surface area contributed by atoms with Gasteiger partial charge in [0, 0.05) is 13.1 Å². The van der Waals surface area contributed by atoms with Crippen molar-refractivity contribution in [3.05, 3.63) is 0 Å². The van der Waals surface area contributed by atoms with Crippen LogP contribution in [0.15, 0.2) is 0 Å². The van der Waals surface area contributed by atoms with E-state index in [4.69, 9.17) is 10.8 Å². The van der Waals surface area contributed by atoms with Crippen molar-refractivity contribution < 1.29 is 14.7 Å². The predicted molar refractivity (Wildman–Crippen MR) is 55.2 cm³/mol. The molecule has 0 spiro atoms. The van der Waals surface area contributed by atoms with Crippen LogP contribution < -0.4 is 5.73 Å². The molecule has 1 unspecified atom stereocenters. The number of nitrogens with two attached hydrogens (primary N) is 1. The Labute approximate surface area is 89.2 Å². The second-order valence-electron chi connectivity index (χ2n) is 4.00. The molecule has 2 atom stereocenters. The molecule has 1 fully saturated rings. The highest BCUT2D eigenvalue weighted by Crippen LogP contribution is 2.17. The monoisotopic (exact) mass is 214 g/mol. The van der Waals surface area contributed by atoms with Gasteiger partial charge in [0.1, 0.15) is 0 Å². The number of nitrogens with zero attached hydrogens (tertiary/aromatic N) is 1. The average Bonchev–Trinajstić information content (AvgIpc) is 2.65. The minimum Gasteiger partial charge on any atom is -0.481 e. The molecular weight excluding hydrogens is 196 g/mol. The van der Waals surface area contributed by atoms with Gasteiger partial charge in [0.25, 0.3) is 0 Å². The van der Waals surface area contributed by atoms with Crippen LogP contribution in [-0.4, -0.2) is 41.0 Å². The van der Waals surface area contributed by atoms with E-state index in [9.17, 15) is 9.59 Å². The van der Waals surface area contributed by atoms with Gasteiger partial charge in [0.05, 0.1) is 12.0 Å². The van der Waals surface area contributed by atoms with Gasteiger partial charge >= 0.3 is 5.97 Å². The highest BCUT2D eigenvalue weighted by atomic mass is 16.4. The molecule has 5 nitrogen and oxygen atoms in total. The molecule has 1 amide bonds. The topological polar surface area (TPSA) is 83.6 Å². The number of aliphatic carboxylic acids is 1. The molecule has 0 aromatic heterocycles. The van der Waals surface area contributed by atoms with Gasteiger partial charge in [0.2, 0.25) is 5.91 Å². The molecule has 1 aliphatic rings. The van der Waals surface area contributed by atoms with Crippen LogP contribution in [0.4, 0.5) is 0 Å². The summed E-state index contributed by atoms with van der Waals surface area (Å²) < 4.78 is 0. The first kappa shape index (κ1) is 12.0. The Morgan fingerprint density at radius 1 is 1.60 bits per heavy atom. The minimum atomic E-state index is -0.825. The highest BCUT2D eigenvalue weighted by Gasteiger charge is 2.32. The van der Waals surface area contributed by atoms with E-state index in [0.29, 0.717) is 25.9 Å². The fourth-order valence-corrected chi connectivity index (χ4v) is 1.83. The van der Waals surface area contributed by atoms with E-state index in [1.165, 1.54) is 0 Å². The maximum Gasteiger partial charge on any atom is 0.308 e. The molecular formula is C10H18N2O3. The van der Waals surface area contributed by atoms with E-state index in [0.717, 1.165) is 6.42 Å². The molecule has 1 saturated heterocycles. The van der Waals surface area contributed by atoms with Crippen LogP contribution in [0, 0.1) is 5.92 Å². The molecule has 0 radical (unpaired) electrons. The predicted octanol–water partition coefficient (Wildman–Crippen LogP) is 0.0469. The van der Waals surface area contributed by atoms with Crippen molar-refractivity contribution in [1.82, 2.24) is 4.90 Å². The second-order valence-corrected chi connectivity index (χ2v) is 4.00. The molecule has 0 aromatic rings. The largest absolute Gasteiger partial charge is 0.481 e. The first-order chi connectivity index (χ1) is 7.06. The van der Waals surface area contributed by atoms with Gasteiger partial charge in [-0.3, -0.25) is 9.59 Å². The summed E-state index contributed by atoms with van der Waals surface area (Å²) in [7, 11) is 0. The maximum absolute atomic E-state index is 11.7. The zero-order valence-electron chi connectivity index (χ0n) is 8.98. The van der Waals surface area contributed by atoms with E-state index < -0.39 is 17.9 Å². The smallest absolute Gasteiger partial charge is 0.308 e. The molecule has 5 heteroatoms. The maximum atomic E-state index is 11.7. The van der Waals surface area contributed by atoms with Crippen molar-refractivity contribution in [1.29, 1.82) is 0 Å². The number of carbonyl (C=O) groups is 2. The second kappa shape index (κ2) is 5.11.